The van der Waals surface area contributed by atoms with Gasteiger partial charge in [0, 0.05) is 19.0 Å². The first-order chi connectivity index (χ1) is 9.28. The van der Waals surface area contributed by atoms with Crippen LogP contribution in [-0.4, -0.2) is 33.7 Å². The Bertz CT molecular complexity index is 461. The molecule has 104 valence electrons. The fourth-order valence-corrected chi connectivity index (χ4v) is 4.10. The van der Waals surface area contributed by atoms with Gasteiger partial charge in [-0.3, -0.25) is 5.32 Å². The molecule has 1 N–H and O–H groups in total. The SMILES string of the molecule is CCCc1nnc(NC(=O)N2CCC3CCCC32)s1. The average molecular weight is 280 g/mol. The van der Waals surface area contributed by atoms with E-state index in [4.69, 9.17) is 0 Å². The number of hydrogen-bond donors (Lipinski definition) is 1. The molecule has 2 fully saturated rings. The van der Waals surface area contributed by atoms with Gasteiger partial charge in [0.15, 0.2) is 0 Å². The molecule has 3 rings (SSSR count). The highest BCUT2D eigenvalue weighted by atomic mass is 32.1. The van der Waals surface area contributed by atoms with Crippen LogP contribution < -0.4 is 5.32 Å². The smallest absolute Gasteiger partial charge is 0.321 e. The Hall–Kier alpha value is -1.17. The molecule has 1 aliphatic heterocycles. The number of nitrogens with one attached hydrogen (secondary N) is 1. The molecule has 0 spiro atoms. The van der Waals surface area contributed by atoms with Crippen molar-refractivity contribution in [2.45, 2.75) is 51.5 Å². The van der Waals surface area contributed by atoms with Crippen LogP contribution in [0.25, 0.3) is 0 Å². The highest BCUT2D eigenvalue weighted by Crippen LogP contribution is 2.37. The summed E-state index contributed by atoms with van der Waals surface area (Å²) in [6, 6.07) is 0.469. The lowest BCUT2D eigenvalue weighted by molar-refractivity contribution is 0.203. The first kappa shape index (κ1) is 12.8. The molecule has 0 radical (unpaired) electrons. The molecular weight excluding hydrogens is 260 g/mol. The number of likely N-dealkylation sites (tertiary alicyclic amines) is 1. The normalized spacial score (nSPS) is 25.6. The molecule has 5 nitrogen and oxygen atoms in total. The highest BCUT2D eigenvalue weighted by molar-refractivity contribution is 7.15. The summed E-state index contributed by atoms with van der Waals surface area (Å²) in [5.74, 6) is 0.732. The van der Waals surface area contributed by atoms with Crippen molar-refractivity contribution in [2.75, 3.05) is 11.9 Å². The Kier molecular flexibility index (Phi) is 3.68. The third-order valence-electron chi connectivity index (χ3n) is 4.17. The first-order valence-electron chi connectivity index (χ1n) is 7.18. The van der Waals surface area contributed by atoms with E-state index < -0.39 is 0 Å². The van der Waals surface area contributed by atoms with Gasteiger partial charge < -0.3 is 4.90 Å². The first-order valence-corrected chi connectivity index (χ1v) is 7.99. The zero-order valence-electron chi connectivity index (χ0n) is 11.3. The van der Waals surface area contributed by atoms with Gasteiger partial charge in [0.1, 0.15) is 5.01 Å². The average Bonchev–Trinajstić information content (AvgIpc) is 3.04. The van der Waals surface area contributed by atoms with E-state index >= 15 is 0 Å². The zero-order valence-corrected chi connectivity index (χ0v) is 12.1. The van der Waals surface area contributed by atoms with Crippen LogP contribution in [0.3, 0.4) is 0 Å². The lowest BCUT2D eigenvalue weighted by atomic mass is 10.1. The van der Waals surface area contributed by atoms with E-state index in [0.717, 1.165) is 43.2 Å². The van der Waals surface area contributed by atoms with E-state index in [1.54, 1.807) is 0 Å². The minimum Gasteiger partial charge on any atom is -0.321 e. The van der Waals surface area contributed by atoms with Crippen molar-refractivity contribution in [1.82, 2.24) is 15.1 Å². The lowest BCUT2D eigenvalue weighted by Crippen LogP contribution is -2.39. The van der Waals surface area contributed by atoms with Crippen molar-refractivity contribution >= 4 is 22.5 Å². The number of urea groups is 1. The van der Waals surface area contributed by atoms with Gasteiger partial charge in [-0.15, -0.1) is 10.2 Å². The Balaban J connectivity index is 1.61. The van der Waals surface area contributed by atoms with Crippen LogP contribution in [0.2, 0.25) is 0 Å². The Morgan fingerprint density at radius 1 is 1.42 bits per heavy atom. The maximum Gasteiger partial charge on any atom is 0.323 e. The fraction of sp³-hybridized carbons (Fsp3) is 0.769. The van der Waals surface area contributed by atoms with E-state index in [0.29, 0.717) is 11.2 Å². The predicted molar refractivity (Wildman–Crippen MR) is 75.4 cm³/mol. The number of amides is 2. The third-order valence-corrected chi connectivity index (χ3v) is 5.06. The number of aromatic nitrogens is 2. The zero-order chi connectivity index (χ0) is 13.2. The van der Waals surface area contributed by atoms with Crippen molar-refractivity contribution < 1.29 is 4.79 Å². The van der Waals surface area contributed by atoms with Crippen LogP contribution in [0, 0.1) is 5.92 Å². The van der Waals surface area contributed by atoms with E-state index in [9.17, 15) is 4.79 Å². The molecule has 6 heteroatoms. The highest BCUT2D eigenvalue weighted by Gasteiger charge is 2.39. The molecular formula is C13H20N4OS. The number of hydrogen-bond acceptors (Lipinski definition) is 4. The fourth-order valence-electron chi connectivity index (χ4n) is 3.27. The van der Waals surface area contributed by atoms with Crippen LogP contribution in [0.5, 0.6) is 0 Å². The van der Waals surface area contributed by atoms with Gasteiger partial charge in [0.2, 0.25) is 5.13 Å². The van der Waals surface area contributed by atoms with Gasteiger partial charge in [-0.1, -0.05) is 24.7 Å². The third kappa shape index (κ3) is 2.59. The number of carbonyl (C=O) groups excluding carboxylic acids is 1. The molecule has 1 aromatic heterocycles. The summed E-state index contributed by atoms with van der Waals surface area (Å²) in [7, 11) is 0. The second kappa shape index (κ2) is 5.45. The monoisotopic (exact) mass is 280 g/mol. The predicted octanol–water partition coefficient (Wildman–Crippen LogP) is 2.90. The maximum atomic E-state index is 12.3. The van der Waals surface area contributed by atoms with E-state index in [1.165, 1.54) is 24.2 Å². The van der Waals surface area contributed by atoms with Crippen LogP contribution in [0.4, 0.5) is 9.93 Å². The maximum absolute atomic E-state index is 12.3. The summed E-state index contributed by atoms with van der Waals surface area (Å²) < 4.78 is 0. The van der Waals surface area contributed by atoms with Gasteiger partial charge in [-0.25, -0.2) is 4.79 Å². The molecule has 0 aromatic carbocycles. The van der Waals surface area contributed by atoms with Crippen molar-refractivity contribution in [3.05, 3.63) is 5.01 Å². The van der Waals surface area contributed by atoms with Crippen LogP contribution in [-0.2, 0) is 6.42 Å². The summed E-state index contributed by atoms with van der Waals surface area (Å²) in [4.78, 5) is 14.3. The number of carbonyl (C=O) groups is 1. The molecule has 1 saturated carbocycles. The van der Waals surface area contributed by atoms with Gasteiger partial charge in [0.05, 0.1) is 0 Å². The van der Waals surface area contributed by atoms with E-state index in [2.05, 4.69) is 22.4 Å². The summed E-state index contributed by atoms with van der Waals surface area (Å²) in [6.45, 7) is 3.01. The van der Waals surface area contributed by atoms with Crippen molar-refractivity contribution in [2.24, 2.45) is 5.92 Å². The molecule has 2 unspecified atom stereocenters. The quantitative estimate of drug-likeness (QED) is 0.926. The topological polar surface area (TPSA) is 58.1 Å². The van der Waals surface area contributed by atoms with Crippen molar-refractivity contribution in [3.8, 4) is 0 Å². The Morgan fingerprint density at radius 2 is 2.32 bits per heavy atom. The second-order valence-corrected chi connectivity index (χ2v) is 6.48. The van der Waals surface area contributed by atoms with Crippen LogP contribution in [0.15, 0.2) is 0 Å². The lowest BCUT2D eigenvalue weighted by Gasteiger charge is -2.23. The molecule has 2 aliphatic rings. The Labute approximate surface area is 117 Å². The number of aryl methyl sites for hydroxylation is 1. The molecule has 19 heavy (non-hydrogen) atoms. The largest absolute Gasteiger partial charge is 0.323 e. The molecule has 2 amide bonds. The molecule has 2 heterocycles. The molecule has 0 bridgehead atoms. The van der Waals surface area contributed by atoms with Gasteiger partial charge in [-0.2, -0.15) is 0 Å². The molecule has 2 atom stereocenters. The van der Waals surface area contributed by atoms with Gasteiger partial charge in [-0.05, 0) is 31.6 Å². The van der Waals surface area contributed by atoms with Crippen molar-refractivity contribution in [1.29, 1.82) is 0 Å². The second-order valence-electron chi connectivity index (χ2n) is 5.42. The van der Waals surface area contributed by atoms with E-state index in [1.807, 2.05) is 4.90 Å². The molecule has 1 aliphatic carbocycles. The standard InChI is InChI=1S/C13H20N4OS/c1-2-4-11-15-16-12(19-11)14-13(18)17-8-7-9-5-3-6-10(9)17/h9-10H,2-8H2,1H3,(H,14,16,18). The van der Waals surface area contributed by atoms with E-state index in [-0.39, 0.29) is 6.03 Å². The van der Waals surface area contributed by atoms with Crippen molar-refractivity contribution in [3.63, 3.8) is 0 Å². The minimum atomic E-state index is 0.00796. The number of rotatable bonds is 3. The van der Waals surface area contributed by atoms with Crippen LogP contribution in [0.1, 0.15) is 44.0 Å². The van der Waals surface area contributed by atoms with Gasteiger partial charge in [0.25, 0.3) is 0 Å². The Morgan fingerprint density at radius 3 is 3.16 bits per heavy atom. The molecule has 1 saturated heterocycles. The molecule has 1 aromatic rings. The summed E-state index contributed by atoms with van der Waals surface area (Å²) in [5, 5.41) is 12.7. The van der Waals surface area contributed by atoms with Gasteiger partial charge >= 0.3 is 6.03 Å². The van der Waals surface area contributed by atoms with Crippen LogP contribution >= 0.6 is 11.3 Å². The summed E-state index contributed by atoms with van der Waals surface area (Å²) in [5.41, 5.74) is 0. The summed E-state index contributed by atoms with van der Waals surface area (Å²) >= 11 is 1.49. The minimum absolute atomic E-state index is 0.00796. The number of anilines is 1. The number of nitrogens with zero attached hydrogens (tertiary/aromatic N) is 3. The summed E-state index contributed by atoms with van der Waals surface area (Å²) in [6.07, 6.45) is 6.86. The number of fused-ring (bicyclic) bond motifs is 1.